The third-order valence-electron chi connectivity index (χ3n) is 3.17. The van der Waals surface area contributed by atoms with Crippen LogP contribution in [0.3, 0.4) is 0 Å². The fraction of sp³-hybridized carbons (Fsp3) is 0.250. The summed E-state index contributed by atoms with van der Waals surface area (Å²) >= 11 is 0. The van der Waals surface area contributed by atoms with Crippen molar-refractivity contribution in [1.82, 2.24) is 0 Å². The molecule has 0 N–H and O–H groups in total. The van der Waals surface area contributed by atoms with Crippen molar-refractivity contribution >= 4 is 0 Å². The van der Waals surface area contributed by atoms with Gasteiger partial charge in [0.05, 0.1) is 6.61 Å². The fourth-order valence-electron chi connectivity index (χ4n) is 2.23. The minimum atomic E-state index is -0.239. The molecule has 0 aliphatic carbocycles. The van der Waals surface area contributed by atoms with Gasteiger partial charge in [0.25, 0.3) is 0 Å². The molecule has 0 bridgehead atoms. The van der Waals surface area contributed by atoms with Crippen LogP contribution in [0.5, 0.6) is 0 Å². The van der Waals surface area contributed by atoms with Crippen LogP contribution >= 0.6 is 0 Å². The van der Waals surface area contributed by atoms with E-state index in [2.05, 4.69) is 31.2 Å². The minimum Gasteiger partial charge on any atom is -0.345 e. The van der Waals surface area contributed by atoms with Gasteiger partial charge in [0.1, 0.15) is 6.10 Å². The van der Waals surface area contributed by atoms with E-state index in [4.69, 9.17) is 9.47 Å². The number of hydrogen-bond acceptors (Lipinski definition) is 2. The summed E-state index contributed by atoms with van der Waals surface area (Å²) in [5.41, 5.74) is 3.51. The van der Waals surface area contributed by atoms with E-state index in [0.717, 1.165) is 5.56 Å². The Morgan fingerprint density at radius 1 is 0.944 bits per heavy atom. The van der Waals surface area contributed by atoms with E-state index in [-0.39, 0.29) is 12.4 Å². The summed E-state index contributed by atoms with van der Waals surface area (Å²) in [7, 11) is 0. The summed E-state index contributed by atoms with van der Waals surface area (Å²) in [6.07, 6.45) is -0.202. The van der Waals surface area contributed by atoms with Crippen LogP contribution in [0.2, 0.25) is 0 Å². The number of aryl methyl sites for hydroxylation is 1. The lowest BCUT2D eigenvalue weighted by Gasteiger charge is -2.12. The Bertz CT molecular complexity index is 522. The van der Waals surface area contributed by atoms with Crippen LogP contribution in [0, 0.1) is 6.92 Å². The third-order valence-corrected chi connectivity index (χ3v) is 3.17. The van der Waals surface area contributed by atoms with Gasteiger partial charge in [-0.25, -0.2) is 0 Å². The second-order valence-corrected chi connectivity index (χ2v) is 4.61. The Morgan fingerprint density at radius 2 is 1.72 bits per heavy atom. The molecule has 1 aliphatic rings. The standard InChI is InChI=1S/C16H16O2/c1-12-6-5-9-14(10-12)15-11-17-16(18-15)13-7-3-2-4-8-13/h2-10,15-16H,11H2,1H3/t15-,16?/m1/s1. The zero-order valence-corrected chi connectivity index (χ0v) is 10.4. The van der Waals surface area contributed by atoms with Gasteiger partial charge in [0.15, 0.2) is 6.29 Å². The molecule has 18 heavy (non-hydrogen) atoms. The van der Waals surface area contributed by atoms with Gasteiger partial charge in [-0.3, -0.25) is 0 Å². The van der Waals surface area contributed by atoms with Gasteiger partial charge in [-0.1, -0.05) is 60.2 Å². The zero-order valence-electron chi connectivity index (χ0n) is 10.4. The SMILES string of the molecule is Cc1cccc([C@H]2COC(c3ccccc3)O2)c1. The van der Waals surface area contributed by atoms with Crippen LogP contribution in [-0.4, -0.2) is 6.61 Å². The molecule has 2 heteroatoms. The van der Waals surface area contributed by atoms with Crippen molar-refractivity contribution in [2.45, 2.75) is 19.3 Å². The Kier molecular flexibility index (Phi) is 3.13. The molecule has 0 saturated carbocycles. The Labute approximate surface area is 107 Å². The smallest absolute Gasteiger partial charge is 0.184 e. The number of hydrogen-bond donors (Lipinski definition) is 0. The lowest BCUT2D eigenvalue weighted by atomic mass is 10.1. The number of ether oxygens (including phenoxy) is 2. The monoisotopic (exact) mass is 240 g/mol. The first-order valence-electron chi connectivity index (χ1n) is 6.21. The summed E-state index contributed by atoms with van der Waals surface area (Å²) in [6.45, 7) is 2.71. The average molecular weight is 240 g/mol. The first kappa shape index (κ1) is 11.5. The van der Waals surface area contributed by atoms with Crippen molar-refractivity contribution in [1.29, 1.82) is 0 Å². The van der Waals surface area contributed by atoms with Gasteiger partial charge < -0.3 is 9.47 Å². The van der Waals surface area contributed by atoms with E-state index in [0.29, 0.717) is 6.61 Å². The predicted molar refractivity (Wildman–Crippen MR) is 70.1 cm³/mol. The van der Waals surface area contributed by atoms with Crippen LogP contribution in [0.15, 0.2) is 54.6 Å². The highest BCUT2D eigenvalue weighted by Gasteiger charge is 2.28. The maximum atomic E-state index is 5.97. The Hall–Kier alpha value is -1.64. The van der Waals surface area contributed by atoms with Crippen LogP contribution in [0.4, 0.5) is 0 Å². The van der Waals surface area contributed by atoms with Gasteiger partial charge in [0.2, 0.25) is 0 Å². The van der Waals surface area contributed by atoms with E-state index in [9.17, 15) is 0 Å². The van der Waals surface area contributed by atoms with E-state index in [1.165, 1.54) is 11.1 Å². The maximum Gasteiger partial charge on any atom is 0.184 e. The summed E-state index contributed by atoms with van der Waals surface area (Å²) in [5.74, 6) is 0. The van der Waals surface area contributed by atoms with Crippen molar-refractivity contribution in [2.75, 3.05) is 6.61 Å². The Morgan fingerprint density at radius 3 is 2.50 bits per heavy atom. The molecular weight excluding hydrogens is 224 g/mol. The average Bonchev–Trinajstić information content (AvgIpc) is 2.89. The molecule has 2 nitrogen and oxygen atoms in total. The van der Waals surface area contributed by atoms with Crippen LogP contribution < -0.4 is 0 Å². The lowest BCUT2D eigenvalue weighted by Crippen LogP contribution is -2.01. The Balaban J connectivity index is 1.76. The number of rotatable bonds is 2. The second-order valence-electron chi connectivity index (χ2n) is 4.61. The topological polar surface area (TPSA) is 18.5 Å². The first-order valence-corrected chi connectivity index (χ1v) is 6.21. The lowest BCUT2D eigenvalue weighted by molar-refractivity contribution is -0.0607. The molecule has 3 rings (SSSR count). The molecule has 1 saturated heterocycles. The van der Waals surface area contributed by atoms with Gasteiger partial charge in [-0.15, -0.1) is 0 Å². The van der Waals surface area contributed by atoms with Gasteiger partial charge >= 0.3 is 0 Å². The fourth-order valence-corrected chi connectivity index (χ4v) is 2.23. The van der Waals surface area contributed by atoms with Crippen molar-refractivity contribution in [3.63, 3.8) is 0 Å². The van der Waals surface area contributed by atoms with Crippen molar-refractivity contribution in [3.05, 3.63) is 71.3 Å². The van der Waals surface area contributed by atoms with E-state index < -0.39 is 0 Å². The quantitative estimate of drug-likeness (QED) is 0.795. The minimum absolute atomic E-state index is 0.0371. The molecule has 92 valence electrons. The second kappa shape index (κ2) is 4.92. The molecule has 0 amide bonds. The first-order chi connectivity index (χ1) is 8.83. The summed E-state index contributed by atoms with van der Waals surface area (Å²) in [5, 5.41) is 0. The summed E-state index contributed by atoms with van der Waals surface area (Å²) in [6, 6.07) is 18.5. The third kappa shape index (κ3) is 2.30. The number of benzene rings is 2. The molecule has 2 aromatic rings. The van der Waals surface area contributed by atoms with Crippen molar-refractivity contribution < 1.29 is 9.47 Å². The molecule has 0 aromatic heterocycles. The van der Waals surface area contributed by atoms with Crippen LogP contribution in [0.1, 0.15) is 29.1 Å². The zero-order chi connectivity index (χ0) is 12.4. The highest BCUT2D eigenvalue weighted by atomic mass is 16.7. The van der Waals surface area contributed by atoms with E-state index >= 15 is 0 Å². The molecule has 2 atom stereocenters. The molecular formula is C16H16O2. The molecule has 0 spiro atoms. The van der Waals surface area contributed by atoms with Gasteiger partial charge in [-0.2, -0.15) is 0 Å². The largest absolute Gasteiger partial charge is 0.345 e. The molecule has 1 aliphatic heterocycles. The molecule has 1 fully saturated rings. The summed E-state index contributed by atoms with van der Waals surface area (Å²) < 4.78 is 11.7. The molecule has 1 heterocycles. The normalized spacial score (nSPS) is 23.2. The van der Waals surface area contributed by atoms with Crippen molar-refractivity contribution in [3.8, 4) is 0 Å². The predicted octanol–water partition coefficient (Wildman–Crippen LogP) is 3.78. The molecule has 0 radical (unpaired) electrons. The van der Waals surface area contributed by atoms with Crippen molar-refractivity contribution in [2.24, 2.45) is 0 Å². The van der Waals surface area contributed by atoms with E-state index in [1.54, 1.807) is 0 Å². The summed E-state index contributed by atoms with van der Waals surface area (Å²) in [4.78, 5) is 0. The van der Waals surface area contributed by atoms with Crippen LogP contribution in [0.25, 0.3) is 0 Å². The van der Waals surface area contributed by atoms with Gasteiger partial charge in [-0.05, 0) is 12.5 Å². The van der Waals surface area contributed by atoms with Crippen LogP contribution in [-0.2, 0) is 9.47 Å². The highest BCUT2D eigenvalue weighted by molar-refractivity contribution is 5.25. The highest BCUT2D eigenvalue weighted by Crippen LogP contribution is 2.34. The maximum absolute atomic E-state index is 5.97. The molecule has 1 unspecified atom stereocenters. The molecule has 2 aromatic carbocycles. The van der Waals surface area contributed by atoms with E-state index in [1.807, 2.05) is 30.3 Å². The van der Waals surface area contributed by atoms with Gasteiger partial charge in [0, 0.05) is 5.56 Å².